The van der Waals surface area contributed by atoms with Crippen LogP contribution in [-0.2, 0) is 17.4 Å². The number of nitrogens with one attached hydrogen (secondary N) is 1. The highest BCUT2D eigenvalue weighted by molar-refractivity contribution is 5.92. The molecular weight excluding hydrogens is 345 g/mol. The van der Waals surface area contributed by atoms with Gasteiger partial charge in [0.1, 0.15) is 12.4 Å². The van der Waals surface area contributed by atoms with E-state index in [0.717, 1.165) is 12.1 Å². The highest BCUT2D eigenvalue weighted by Gasteiger charge is 2.30. The van der Waals surface area contributed by atoms with E-state index >= 15 is 0 Å². The van der Waals surface area contributed by atoms with Crippen molar-refractivity contribution in [2.75, 3.05) is 18.5 Å². The zero-order valence-electron chi connectivity index (χ0n) is 14.3. The molecule has 0 radical (unpaired) electrons. The van der Waals surface area contributed by atoms with Gasteiger partial charge in [-0.2, -0.15) is 13.2 Å². The molecule has 4 nitrogen and oxygen atoms in total. The third kappa shape index (κ3) is 5.77. The van der Waals surface area contributed by atoms with Crippen LogP contribution in [0.1, 0.15) is 18.1 Å². The number of hydrogen-bond acceptors (Lipinski definition) is 3. The normalized spacial score (nSPS) is 12.5. The monoisotopic (exact) mass is 366 g/mol. The molecule has 2 aromatic carbocycles. The zero-order valence-corrected chi connectivity index (χ0v) is 14.3. The molecule has 0 heterocycles. The number of nitrogens with two attached hydrogens (primary N) is 1. The summed E-state index contributed by atoms with van der Waals surface area (Å²) in [6, 6.07) is 11.7. The van der Waals surface area contributed by atoms with E-state index in [9.17, 15) is 18.0 Å². The zero-order chi connectivity index (χ0) is 19.2. The average molecular weight is 366 g/mol. The van der Waals surface area contributed by atoms with Crippen molar-refractivity contribution in [1.82, 2.24) is 0 Å². The smallest absolute Gasteiger partial charge is 0.416 e. The lowest BCUT2D eigenvalue weighted by molar-refractivity contribution is -0.137. The third-order valence-corrected chi connectivity index (χ3v) is 3.78. The van der Waals surface area contributed by atoms with Crippen molar-refractivity contribution in [2.45, 2.75) is 19.5 Å². The van der Waals surface area contributed by atoms with E-state index in [0.29, 0.717) is 36.6 Å². The maximum atomic E-state index is 12.6. The lowest BCUT2D eigenvalue weighted by atomic mass is 9.99. The van der Waals surface area contributed by atoms with E-state index in [-0.39, 0.29) is 11.8 Å². The van der Waals surface area contributed by atoms with Crippen molar-refractivity contribution in [3.8, 4) is 5.75 Å². The molecule has 0 spiro atoms. The first kappa shape index (κ1) is 19.8. The van der Waals surface area contributed by atoms with Crippen LogP contribution in [0.25, 0.3) is 0 Å². The standard InChI is InChI=1S/C19H21F3N2O2/c1-13(12-14-2-4-15(5-3-14)19(20,21)22)18(25)24-16-6-8-17(9-7-16)26-11-10-23/h2-9,13H,10-12,23H2,1H3,(H,24,25). The molecule has 26 heavy (non-hydrogen) atoms. The quantitative estimate of drug-likeness (QED) is 0.782. The minimum absolute atomic E-state index is 0.208. The van der Waals surface area contributed by atoms with Crippen LogP contribution >= 0.6 is 0 Å². The van der Waals surface area contributed by atoms with Gasteiger partial charge in [-0.3, -0.25) is 4.79 Å². The maximum Gasteiger partial charge on any atom is 0.416 e. The van der Waals surface area contributed by atoms with Gasteiger partial charge in [0.25, 0.3) is 0 Å². The minimum atomic E-state index is -4.36. The fraction of sp³-hybridized carbons (Fsp3) is 0.316. The Hall–Kier alpha value is -2.54. The highest BCUT2D eigenvalue weighted by Crippen LogP contribution is 2.29. The Morgan fingerprint density at radius 2 is 1.73 bits per heavy atom. The molecule has 3 N–H and O–H groups in total. The van der Waals surface area contributed by atoms with Crippen molar-refractivity contribution in [3.05, 3.63) is 59.7 Å². The molecule has 0 fully saturated rings. The summed E-state index contributed by atoms with van der Waals surface area (Å²) in [7, 11) is 0. The Labute approximate surface area is 150 Å². The van der Waals surface area contributed by atoms with E-state index in [4.69, 9.17) is 10.5 Å². The number of rotatable bonds is 7. The molecule has 0 bridgehead atoms. The Bertz CT molecular complexity index is 713. The maximum absolute atomic E-state index is 12.6. The van der Waals surface area contributed by atoms with Gasteiger partial charge in [-0.1, -0.05) is 19.1 Å². The number of ether oxygens (including phenoxy) is 1. The summed E-state index contributed by atoms with van der Waals surface area (Å²) in [4.78, 5) is 12.3. The summed E-state index contributed by atoms with van der Waals surface area (Å²) in [5.74, 6) is 0.0617. The molecule has 0 saturated carbocycles. The Balaban J connectivity index is 1.91. The number of hydrogen-bond donors (Lipinski definition) is 2. The lowest BCUT2D eigenvalue weighted by Gasteiger charge is -2.13. The van der Waals surface area contributed by atoms with Crippen LogP contribution in [0.2, 0.25) is 0 Å². The summed E-state index contributed by atoms with van der Waals surface area (Å²) >= 11 is 0. The predicted molar refractivity (Wildman–Crippen MR) is 93.9 cm³/mol. The number of carbonyl (C=O) groups excluding carboxylic acids is 1. The molecule has 0 aromatic heterocycles. The van der Waals surface area contributed by atoms with Gasteiger partial charge in [-0.15, -0.1) is 0 Å². The van der Waals surface area contributed by atoms with Crippen molar-refractivity contribution < 1.29 is 22.7 Å². The summed E-state index contributed by atoms with van der Waals surface area (Å²) in [6.07, 6.45) is -4.01. The molecule has 7 heteroatoms. The van der Waals surface area contributed by atoms with E-state index < -0.39 is 11.7 Å². The van der Waals surface area contributed by atoms with E-state index in [1.165, 1.54) is 12.1 Å². The van der Waals surface area contributed by atoms with Gasteiger partial charge in [-0.25, -0.2) is 0 Å². The molecule has 2 rings (SSSR count). The lowest BCUT2D eigenvalue weighted by Crippen LogP contribution is -2.22. The van der Waals surface area contributed by atoms with Crippen LogP contribution in [0, 0.1) is 5.92 Å². The Kier molecular flexibility index (Phi) is 6.63. The van der Waals surface area contributed by atoms with Crippen molar-refractivity contribution in [1.29, 1.82) is 0 Å². The van der Waals surface area contributed by atoms with Crippen molar-refractivity contribution in [3.63, 3.8) is 0 Å². The molecule has 0 aliphatic rings. The van der Waals surface area contributed by atoms with E-state index in [2.05, 4.69) is 5.32 Å². The van der Waals surface area contributed by atoms with Gasteiger partial charge < -0.3 is 15.8 Å². The number of halogens is 3. The second-order valence-corrected chi connectivity index (χ2v) is 5.95. The highest BCUT2D eigenvalue weighted by atomic mass is 19.4. The van der Waals surface area contributed by atoms with Gasteiger partial charge in [0, 0.05) is 18.2 Å². The molecule has 1 atom stereocenters. The van der Waals surface area contributed by atoms with Gasteiger partial charge in [0.2, 0.25) is 5.91 Å². The number of benzene rings is 2. The van der Waals surface area contributed by atoms with Crippen LogP contribution in [0.15, 0.2) is 48.5 Å². The fourth-order valence-electron chi connectivity index (χ4n) is 2.35. The second-order valence-electron chi connectivity index (χ2n) is 5.95. The minimum Gasteiger partial charge on any atom is -0.492 e. The first-order valence-corrected chi connectivity index (χ1v) is 8.19. The van der Waals surface area contributed by atoms with Gasteiger partial charge in [0.05, 0.1) is 5.56 Å². The second kappa shape index (κ2) is 8.71. The third-order valence-electron chi connectivity index (χ3n) is 3.78. The fourth-order valence-corrected chi connectivity index (χ4v) is 2.35. The van der Waals surface area contributed by atoms with Crippen molar-refractivity contribution in [2.24, 2.45) is 11.7 Å². The number of carbonyl (C=O) groups is 1. The average Bonchev–Trinajstić information content (AvgIpc) is 2.60. The molecule has 140 valence electrons. The number of anilines is 1. The molecule has 0 aliphatic carbocycles. The van der Waals surface area contributed by atoms with Crippen LogP contribution < -0.4 is 15.8 Å². The Morgan fingerprint density at radius 3 is 2.27 bits per heavy atom. The SMILES string of the molecule is CC(Cc1ccc(C(F)(F)F)cc1)C(=O)Nc1ccc(OCCN)cc1. The topological polar surface area (TPSA) is 64.3 Å². The Morgan fingerprint density at radius 1 is 1.12 bits per heavy atom. The summed E-state index contributed by atoms with van der Waals surface area (Å²) < 4.78 is 43.1. The van der Waals surface area contributed by atoms with Crippen molar-refractivity contribution >= 4 is 11.6 Å². The van der Waals surface area contributed by atoms with E-state index in [1.54, 1.807) is 31.2 Å². The molecular formula is C19H21F3N2O2. The predicted octanol–water partition coefficient (Wildman–Crippen LogP) is 3.86. The van der Waals surface area contributed by atoms with Crippen LogP contribution in [0.4, 0.5) is 18.9 Å². The van der Waals surface area contributed by atoms with E-state index in [1.807, 2.05) is 0 Å². The first-order valence-electron chi connectivity index (χ1n) is 8.19. The first-order chi connectivity index (χ1) is 12.3. The van der Waals surface area contributed by atoms with Crippen LogP contribution in [0.3, 0.4) is 0 Å². The molecule has 2 aromatic rings. The molecule has 1 unspecified atom stereocenters. The van der Waals surface area contributed by atoms with Gasteiger partial charge in [0.15, 0.2) is 0 Å². The molecule has 1 amide bonds. The van der Waals surface area contributed by atoms with Crippen LogP contribution in [-0.4, -0.2) is 19.1 Å². The number of alkyl halides is 3. The van der Waals surface area contributed by atoms with Gasteiger partial charge >= 0.3 is 6.18 Å². The largest absolute Gasteiger partial charge is 0.492 e. The number of amides is 1. The summed E-state index contributed by atoms with van der Waals surface area (Å²) in [5, 5.41) is 2.78. The summed E-state index contributed by atoms with van der Waals surface area (Å²) in [6.45, 7) is 2.56. The molecule has 0 saturated heterocycles. The summed E-state index contributed by atoms with van der Waals surface area (Å²) in [5.41, 5.74) is 5.95. The molecule has 0 aliphatic heterocycles. The van der Waals surface area contributed by atoms with Crippen LogP contribution in [0.5, 0.6) is 5.75 Å². The van der Waals surface area contributed by atoms with Gasteiger partial charge in [-0.05, 0) is 48.4 Å².